The zero-order valence-corrected chi connectivity index (χ0v) is 11.3. The lowest BCUT2D eigenvalue weighted by Crippen LogP contribution is -1.99. The van der Waals surface area contributed by atoms with Crippen LogP contribution in [0.3, 0.4) is 0 Å². The Hall–Kier alpha value is -1.19. The molecule has 0 fully saturated rings. The van der Waals surface area contributed by atoms with E-state index in [2.05, 4.69) is 9.97 Å². The summed E-state index contributed by atoms with van der Waals surface area (Å²) in [6.45, 7) is 2.01. The minimum Gasteiger partial charge on any atom is -0.220 e. The topological polar surface area (TPSA) is 25.8 Å². The molecule has 1 heterocycles. The molecule has 2 aromatic rings. The number of rotatable bonds is 3. The van der Waals surface area contributed by atoms with Gasteiger partial charge in [-0.2, -0.15) is 0 Å². The summed E-state index contributed by atoms with van der Waals surface area (Å²) < 4.78 is 13.7. The summed E-state index contributed by atoms with van der Waals surface area (Å²) in [6, 6.07) is 6.27. The van der Waals surface area contributed by atoms with Crippen molar-refractivity contribution < 1.29 is 4.39 Å². The van der Waals surface area contributed by atoms with Crippen molar-refractivity contribution in [3.8, 4) is 11.1 Å². The van der Waals surface area contributed by atoms with E-state index in [-0.39, 0.29) is 10.3 Å². The first-order valence-corrected chi connectivity index (χ1v) is 6.36. The van der Waals surface area contributed by atoms with Crippen LogP contribution in [-0.2, 0) is 6.42 Å². The van der Waals surface area contributed by atoms with Crippen molar-refractivity contribution in [2.75, 3.05) is 0 Å². The first kappa shape index (κ1) is 13.2. The molecule has 18 heavy (non-hydrogen) atoms. The second kappa shape index (κ2) is 5.63. The predicted octanol–water partition coefficient (Wildman–Crippen LogP) is 4.54. The smallest absolute Gasteiger partial charge is 0.142 e. The van der Waals surface area contributed by atoms with Gasteiger partial charge < -0.3 is 0 Å². The number of hydrogen-bond donors (Lipinski definition) is 0. The van der Waals surface area contributed by atoms with Crippen molar-refractivity contribution in [3.63, 3.8) is 0 Å². The van der Waals surface area contributed by atoms with E-state index in [1.807, 2.05) is 6.92 Å². The van der Waals surface area contributed by atoms with Crippen molar-refractivity contribution >= 4 is 23.2 Å². The van der Waals surface area contributed by atoms with Crippen molar-refractivity contribution in [1.29, 1.82) is 0 Å². The van der Waals surface area contributed by atoms with Gasteiger partial charge in [-0.05, 0) is 12.5 Å². The number of nitrogens with zero attached hydrogens (tertiary/aromatic N) is 2. The molecule has 2 nitrogen and oxygen atoms in total. The molecule has 1 aromatic heterocycles. The Morgan fingerprint density at radius 2 is 1.72 bits per heavy atom. The van der Waals surface area contributed by atoms with E-state index in [0.29, 0.717) is 23.4 Å². The van der Waals surface area contributed by atoms with Crippen LogP contribution < -0.4 is 0 Å². The van der Waals surface area contributed by atoms with Crippen LogP contribution in [0.25, 0.3) is 11.1 Å². The molecule has 0 radical (unpaired) electrons. The van der Waals surface area contributed by atoms with Gasteiger partial charge in [-0.15, -0.1) is 0 Å². The Labute approximate surface area is 115 Å². The quantitative estimate of drug-likeness (QED) is 0.773. The second-order valence-electron chi connectivity index (χ2n) is 3.83. The van der Waals surface area contributed by atoms with Gasteiger partial charge in [0.1, 0.15) is 21.9 Å². The van der Waals surface area contributed by atoms with E-state index in [9.17, 15) is 4.39 Å². The van der Waals surface area contributed by atoms with E-state index in [1.165, 1.54) is 6.07 Å². The molecule has 2 rings (SSSR count). The molecule has 1 aromatic carbocycles. The van der Waals surface area contributed by atoms with Gasteiger partial charge in [0.05, 0.1) is 5.56 Å². The Kier molecular flexibility index (Phi) is 4.15. The van der Waals surface area contributed by atoms with Crippen molar-refractivity contribution in [2.45, 2.75) is 19.8 Å². The maximum absolute atomic E-state index is 13.7. The van der Waals surface area contributed by atoms with Gasteiger partial charge in [0.15, 0.2) is 0 Å². The Bertz CT molecular complexity index is 550. The zero-order valence-electron chi connectivity index (χ0n) is 9.75. The summed E-state index contributed by atoms with van der Waals surface area (Å²) in [5, 5.41) is 0.368. The minimum atomic E-state index is -0.395. The largest absolute Gasteiger partial charge is 0.220 e. The Morgan fingerprint density at radius 1 is 1.11 bits per heavy atom. The molecule has 94 valence electrons. The molecule has 0 bridgehead atoms. The van der Waals surface area contributed by atoms with Crippen LogP contribution in [0.4, 0.5) is 4.39 Å². The lowest BCUT2D eigenvalue weighted by atomic mass is 10.1. The monoisotopic (exact) mass is 284 g/mol. The molecule has 0 aliphatic rings. The lowest BCUT2D eigenvalue weighted by molar-refractivity contribution is 0.631. The fourth-order valence-electron chi connectivity index (χ4n) is 1.67. The summed E-state index contributed by atoms with van der Waals surface area (Å²) >= 11 is 12.1. The van der Waals surface area contributed by atoms with Gasteiger partial charge in [-0.3, -0.25) is 0 Å². The molecule has 0 aliphatic carbocycles. The molecule has 0 atom stereocenters. The molecule has 5 heteroatoms. The normalized spacial score (nSPS) is 10.7. The highest BCUT2D eigenvalue weighted by Crippen LogP contribution is 2.33. The van der Waals surface area contributed by atoms with Gasteiger partial charge in [-0.1, -0.05) is 48.3 Å². The van der Waals surface area contributed by atoms with Crippen LogP contribution in [0.1, 0.15) is 19.2 Å². The fourth-order valence-corrected chi connectivity index (χ4v) is 2.30. The summed E-state index contributed by atoms with van der Waals surface area (Å²) in [6.07, 6.45) is 1.59. The Morgan fingerprint density at radius 3 is 2.28 bits per heavy atom. The average molecular weight is 285 g/mol. The number of benzene rings is 1. The van der Waals surface area contributed by atoms with Crippen LogP contribution in [-0.4, -0.2) is 9.97 Å². The summed E-state index contributed by atoms with van der Waals surface area (Å²) in [4.78, 5) is 8.29. The van der Waals surface area contributed by atoms with Gasteiger partial charge >= 0.3 is 0 Å². The van der Waals surface area contributed by atoms with Gasteiger partial charge in [0.2, 0.25) is 0 Å². The maximum Gasteiger partial charge on any atom is 0.142 e. The molecule has 0 N–H and O–H groups in total. The molecule has 0 spiro atoms. The molecular formula is C13H11Cl2FN2. The molecule has 0 saturated heterocycles. The highest BCUT2D eigenvalue weighted by Gasteiger charge is 2.16. The number of aryl methyl sites for hydroxylation is 1. The van der Waals surface area contributed by atoms with Crippen molar-refractivity contribution in [1.82, 2.24) is 9.97 Å². The third-order valence-electron chi connectivity index (χ3n) is 2.48. The molecule has 0 unspecified atom stereocenters. The van der Waals surface area contributed by atoms with Crippen LogP contribution in [0.15, 0.2) is 24.3 Å². The SMILES string of the molecule is CCCc1nc(Cl)c(-c2ccccc2F)c(Cl)n1. The van der Waals surface area contributed by atoms with E-state index >= 15 is 0 Å². The third-order valence-corrected chi connectivity index (χ3v) is 3.03. The van der Waals surface area contributed by atoms with Gasteiger partial charge in [0.25, 0.3) is 0 Å². The van der Waals surface area contributed by atoms with Gasteiger partial charge in [0, 0.05) is 12.0 Å². The van der Waals surface area contributed by atoms with Crippen LogP contribution in [0.5, 0.6) is 0 Å². The van der Waals surface area contributed by atoms with E-state index in [1.54, 1.807) is 18.2 Å². The number of hydrogen-bond acceptors (Lipinski definition) is 2. The summed E-state index contributed by atoms with van der Waals surface area (Å²) in [5.74, 6) is 0.181. The number of halogens is 3. The van der Waals surface area contributed by atoms with Crippen LogP contribution in [0.2, 0.25) is 10.3 Å². The Balaban J connectivity index is 2.56. The lowest BCUT2D eigenvalue weighted by Gasteiger charge is -2.08. The second-order valence-corrected chi connectivity index (χ2v) is 4.54. The minimum absolute atomic E-state index is 0.184. The summed E-state index contributed by atoms with van der Waals surface area (Å²) in [7, 11) is 0. The molecule has 0 amide bonds. The van der Waals surface area contributed by atoms with Crippen molar-refractivity contribution in [2.24, 2.45) is 0 Å². The van der Waals surface area contributed by atoms with E-state index in [0.717, 1.165) is 6.42 Å². The first-order valence-electron chi connectivity index (χ1n) is 5.60. The van der Waals surface area contributed by atoms with Crippen molar-refractivity contribution in [3.05, 3.63) is 46.2 Å². The standard InChI is InChI=1S/C13H11Cl2FN2/c1-2-5-10-17-12(14)11(13(15)18-10)8-6-3-4-7-9(8)16/h3-4,6-7H,2,5H2,1H3. The highest BCUT2D eigenvalue weighted by atomic mass is 35.5. The van der Waals surface area contributed by atoms with Crippen LogP contribution >= 0.6 is 23.2 Å². The summed E-state index contributed by atoms with van der Waals surface area (Å²) in [5.41, 5.74) is 0.659. The third kappa shape index (κ3) is 2.62. The molecule has 0 aliphatic heterocycles. The predicted molar refractivity (Wildman–Crippen MR) is 71.4 cm³/mol. The highest BCUT2D eigenvalue weighted by molar-refractivity contribution is 6.37. The zero-order chi connectivity index (χ0) is 13.1. The number of aromatic nitrogens is 2. The van der Waals surface area contributed by atoms with E-state index < -0.39 is 5.82 Å². The van der Waals surface area contributed by atoms with Crippen LogP contribution in [0, 0.1) is 5.82 Å². The van der Waals surface area contributed by atoms with Gasteiger partial charge in [-0.25, -0.2) is 14.4 Å². The molecule has 0 saturated carbocycles. The average Bonchev–Trinajstić information content (AvgIpc) is 2.31. The maximum atomic E-state index is 13.7. The van der Waals surface area contributed by atoms with E-state index in [4.69, 9.17) is 23.2 Å². The first-order chi connectivity index (χ1) is 8.63. The fraction of sp³-hybridized carbons (Fsp3) is 0.231. The molecular weight excluding hydrogens is 274 g/mol.